The maximum Gasteiger partial charge on any atom is 0.220 e. The number of pyridine rings is 4. The number of aryl methyl sites for hydroxylation is 8. The fourth-order valence-electron chi connectivity index (χ4n) is 33.9. The Morgan fingerprint density at radius 3 is 0.789 bits per heavy atom. The summed E-state index contributed by atoms with van der Waals surface area (Å²) in [6.45, 7) is 20.1. The molecule has 0 amide bonds. The van der Waals surface area contributed by atoms with Crippen molar-refractivity contribution >= 4 is 43.1 Å². The molecule has 16 aromatic rings. The quantitative estimate of drug-likeness (QED) is 0.108. The second-order valence-electron chi connectivity index (χ2n) is 48.9. The molecule has 4 aromatic heterocycles. The van der Waals surface area contributed by atoms with Gasteiger partial charge in [0.25, 0.3) is 0 Å². The molecule has 0 unspecified atom stereocenters. The van der Waals surface area contributed by atoms with Crippen molar-refractivity contribution in [2.75, 3.05) is 0 Å². The van der Waals surface area contributed by atoms with Gasteiger partial charge < -0.3 is 0 Å². The lowest BCUT2D eigenvalue weighted by Gasteiger charge is -2.57. The maximum atomic E-state index is 15.1. The number of fused-ring (bicyclic) bond motifs is 4. The van der Waals surface area contributed by atoms with Gasteiger partial charge in [0.05, 0.1) is 38.2 Å². The van der Waals surface area contributed by atoms with E-state index in [1.54, 1.807) is 28.3 Å². The summed E-state index contributed by atoms with van der Waals surface area (Å²) in [5.41, 5.74) is 39.3. The summed E-state index contributed by atoms with van der Waals surface area (Å²) in [6.07, 6.45) is 34.9. The van der Waals surface area contributed by atoms with Gasteiger partial charge in [0.1, 0.15) is 34.0 Å². The average molecular weight is 1870 g/mol. The van der Waals surface area contributed by atoms with Crippen LogP contribution < -0.4 is 18.3 Å². The maximum absolute atomic E-state index is 15.1. The molecular weight excluding hydrogens is 1720 g/mol. The predicted molar refractivity (Wildman–Crippen MR) is 586 cm³/mol. The number of rotatable bonds is 12. The minimum Gasteiger partial charge on any atom is -0.206 e. The van der Waals surface area contributed by atoms with Crippen LogP contribution in [-0.4, -0.2) is 0 Å². The van der Waals surface area contributed by atoms with Gasteiger partial charge in [-0.05, 0) is 447 Å². The molecule has 0 atom stereocenters. The lowest BCUT2D eigenvalue weighted by molar-refractivity contribution is -0.665. The summed E-state index contributed by atoms with van der Waals surface area (Å²) in [4.78, 5) is 0. The summed E-state index contributed by atoms with van der Waals surface area (Å²) in [7, 11) is 8.83. The minimum absolute atomic E-state index is 0.161. The van der Waals surface area contributed by atoms with Gasteiger partial charge in [-0.15, -0.1) is 0 Å². The highest BCUT2D eigenvalue weighted by molar-refractivity contribution is 5.99. The number of benzene rings is 12. The van der Waals surface area contributed by atoms with Crippen LogP contribution >= 0.6 is 0 Å². The minimum atomic E-state index is -0.161. The third kappa shape index (κ3) is 16.2. The zero-order chi connectivity index (χ0) is 96.7. The zero-order valence-electron chi connectivity index (χ0n) is 86.6. The molecule has 4 heterocycles. The lowest BCUT2D eigenvalue weighted by Crippen LogP contribution is -2.48. The standard InChI is InChI=1S/C35H38N.C34H35FN.2C34H36N/c1-22-12-29(28-8-6-5-7-9-28)18-33(24(22)3)34-32-11-10-31(17-30(32)13-23(2)36(34)4)35-19-25-14-26(20-35)16-27(15-25)21-35;1-21-11-32(35)31(26-7-5-4-6-8-26)17-30(21)33-29-10-9-28(16-27(29)12-22(2)36(33)3)34-18-23-13-24(19-34)15-25(14-23)20-34;1-22-13-28(27-7-5-4-6-8-27)9-11-31(22)33-32-12-10-30(18-29(32)14-23(2)35(33)3)34-19-24-15-25(20-34)17-26(16-24)21-34;1-22-9-10-28(27-7-5-4-6-8-27)18-32(22)33-31-12-11-30(17-29(31)13-23(2)35(33)3)34-19-24-14-25(20-34)16-26(15-24)21-34/h5-13,17-18,25-27H,14-16,19-21H2,1-4H3;4-12,16-17,23-25H,13-15,18-20H2,1-3H3;4-14,18,24-26H,15-17,19-21H2,1-3H3;4-13,17-18,24-26H,14-16,19-21H2,1-3H3/q4*+1. The Morgan fingerprint density at radius 1 is 0.204 bits per heavy atom. The molecule has 0 aliphatic heterocycles. The van der Waals surface area contributed by atoms with Crippen LogP contribution in [0.15, 0.2) is 279 Å². The van der Waals surface area contributed by atoms with Crippen LogP contribution in [0.3, 0.4) is 0 Å². The van der Waals surface area contributed by atoms with Gasteiger partial charge in [0, 0.05) is 63.1 Å². The number of halogens is 1. The molecule has 716 valence electrons. The van der Waals surface area contributed by atoms with Gasteiger partial charge >= 0.3 is 0 Å². The van der Waals surface area contributed by atoms with E-state index in [0.717, 1.165) is 87.7 Å². The number of hydrogen-bond donors (Lipinski definition) is 0. The molecule has 16 fully saturated rings. The van der Waals surface area contributed by atoms with E-state index in [4.69, 9.17) is 0 Å². The molecule has 5 heteroatoms. The molecule has 0 spiro atoms. The van der Waals surface area contributed by atoms with E-state index in [1.165, 1.54) is 315 Å². The van der Waals surface area contributed by atoms with E-state index in [0.29, 0.717) is 27.2 Å². The summed E-state index contributed by atoms with van der Waals surface area (Å²) >= 11 is 0. The monoisotopic (exact) mass is 1870 g/mol. The first kappa shape index (κ1) is 91.4. The molecule has 16 bridgehead atoms. The van der Waals surface area contributed by atoms with Crippen molar-refractivity contribution < 1.29 is 22.7 Å². The van der Waals surface area contributed by atoms with Gasteiger partial charge in [0.2, 0.25) is 22.8 Å². The molecule has 142 heavy (non-hydrogen) atoms. The van der Waals surface area contributed by atoms with E-state index >= 15 is 4.39 Å². The Balaban J connectivity index is 0.0000000995. The van der Waals surface area contributed by atoms with Crippen LogP contribution in [0, 0.1) is 139 Å². The SMILES string of the molecule is Cc1cc(-c2ccccc2)cc(-c2c3ccc(C45CC6CC(CC(C6)C4)C5)cc3cc(C)[n+]2C)c1C.Cc1cc(-c2ccccc2)ccc1-c1c2ccc(C34CC5CC(CC(C5)C3)C4)cc2cc(C)[n+]1C.Cc1cc(F)c(-c2ccccc2)cc1-c1c2ccc(C34CC5CC(CC(C5)C3)C4)cc2cc(C)[n+]1C.Cc1ccc(-c2ccccc2)cc1-c1c2ccc(C34CC5CC(CC(C5)C3)C4)cc2cc(C)[n+]1C. The fourth-order valence-corrected chi connectivity index (χ4v) is 33.9. The van der Waals surface area contributed by atoms with Crippen LogP contribution in [0.2, 0.25) is 0 Å². The largest absolute Gasteiger partial charge is 0.220 e. The van der Waals surface area contributed by atoms with Crippen LogP contribution in [-0.2, 0) is 49.9 Å². The van der Waals surface area contributed by atoms with Crippen molar-refractivity contribution in [1.82, 2.24) is 0 Å². The molecule has 16 aliphatic carbocycles. The molecule has 0 saturated heterocycles. The van der Waals surface area contributed by atoms with Gasteiger partial charge in [-0.2, -0.15) is 18.3 Å². The normalized spacial score (nSPS) is 26.8. The number of hydrogen-bond acceptors (Lipinski definition) is 0. The zero-order valence-corrected chi connectivity index (χ0v) is 86.6. The van der Waals surface area contributed by atoms with E-state index in [-0.39, 0.29) is 5.82 Å². The van der Waals surface area contributed by atoms with Crippen molar-refractivity contribution in [3.63, 3.8) is 0 Å². The van der Waals surface area contributed by atoms with Crippen LogP contribution in [0.1, 0.15) is 227 Å². The lowest BCUT2D eigenvalue weighted by atomic mass is 9.48. The molecule has 16 aliphatic rings. The molecule has 12 aromatic carbocycles. The number of aromatic nitrogens is 4. The van der Waals surface area contributed by atoms with Gasteiger partial charge in [-0.1, -0.05) is 200 Å². The second-order valence-corrected chi connectivity index (χ2v) is 48.9. The Bertz CT molecular complexity index is 7560. The van der Waals surface area contributed by atoms with Crippen molar-refractivity contribution in [2.24, 2.45) is 99.2 Å². The van der Waals surface area contributed by atoms with Crippen molar-refractivity contribution in [3.8, 4) is 89.5 Å². The first-order chi connectivity index (χ1) is 68.8. The third-order valence-corrected chi connectivity index (χ3v) is 39.6. The van der Waals surface area contributed by atoms with Crippen LogP contribution in [0.4, 0.5) is 4.39 Å². The smallest absolute Gasteiger partial charge is 0.206 e. The molecule has 16 saturated carbocycles. The van der Waals surface area contributed by atoms with Crippen LogP contribution in [0.25, 0.3) is 133 Å². The van der Waals surface area contributed by atoms with Gasteiger partial charge in [0.15, 0.2) is 22.8 Å². The third-order valence-electron chi connectivity index (χ3n) is 39.6. The topological polar surface area (TPSA) is 15.5 Å². The predicted octanol–water partition coefficient (Wildman–Crippen LogP) is 32.8. The number of nitrogens with zero attached hydrogens (tertiary/aromatic N) is 4. The van der Waals surface area contributed by atoms with Crippen LogP contribution in [0.5, 0.6) is 0 Å². The summed E-state index contributed by atoms with van der Waals surface area (Å²) in [5, 5.41) is 10.9. The Kier molecular flexibility index (Phi) is 22.9. The molecule has 0 radical (unpaired) electrons. The van der Waals surface area contributed by atoms with Crippen molar-refractivity contribution in [3.05, 3.63) is 358 Å². The molecule has 0 N–H and O–H groups in total. The van der Waals surface area contributed by atoms with E-state index in [2.05, 4.69) is 345 Å². The Morgan fingerprint density at radius 2 is 0.465 bits per heavy atom. The van der Waals surface area contributed by atoms with Crippen molar-refractivity contribution in [1.29, 1.82) is 0 Å². The highest BCUT2D eigenvalue weighted by atomic mass is 19.1. The molecule has 32 rings (SSSR count). The van der Waals surface area contributed by atoms with E-state index < -0.39 is 0 Å². The average Bonchev–Trinajstić information content (AvgIpc) is 0.726. The van der Waals surface area contributed by atoms with Gasteiger partial charge in [-0.25, -0.2) is 4.39 Å². The highest BCUT2D eigenvalue weighted by Gasteiger charge is 2.56. The Labute approximate surface area is 844 Å². The molecular formula is C137H145FN4+4. The Hall–Kier alpha value is -11.8. The van der Waals surface area contributed by atoms with Crippen molar-refractivity contribution in [2.45, 2.75) is 238 Å². The van der Waals surface area contributed by atoms with E-state index in [9.17, 15) is 0 Å². The summed E-state index contributed by atoms with van der Waals surface area (Å²) in [6, 6.07) is 104. The fraction of sp³-hybridized carbons (Fsp3) is 0.387. The first-order valence-electron chi connectivity index (χ1n) is 54.9. The van der Waals surface area contributed by atoms with E-state index in [1.807, 2.05) is 37.3 Å². The second kappa shape index (κ2) is 35.6. The summed E-state index contributed by atoms with van der Waals surface area (Å²) in [5.74, 6) is 11.5. The highest BCUT2D eigenvalue weighted by Crippen LogP contribution is 2.66. The first-order valence-corrected chi connectivity index (χ1v) is 54.9. The molecule has 4 nitrogen and oxygen atoms in total. The summed E-state index contributed by atoms with van der Waals surface area (Å²) < 4.78 is 24.6. The van der Waals surface area contributed by atoms with Gasteiger partial charge in [-0.3, -0.25) is 0 Å².